The Labute approximate surface area is 356 Å². The molecule has 0 heterocycles. The SMILES string of the molecule is C=CC(=O)OCCCCCCOc1ccc(OCOc2ccc(/C=N/N=C/c3ccc(OC(=O)c4ccc(OCCCCCCOC(=O)C=C)cc4)cc3)cc2C(C)=O)cc1. The summed E-state index contributed by atoms with van der Waals surface area (Å²) < 4.78 is 38.5. The van der Waals surface area contributed by atoms with Crippen molar-refractivity contribution in [1.82, 2.24) is 0 Å². The van der Waals surface area contributed by atoms with Crippen molar-refractivity contribution in [2.45, 2.75) is 58.3 Å². The van der Waals surface area contributed by atoms with E-state index >= 15 is 0 Å². The normalized spacial score (nSPS) is 10.8. The number of Topliss-reactive ketones (excluding diaryl/α,β-unsaturated/α-hetero) is 1. The fourth-order valence-electron chi connectivity index (χ4n) is 5.46. The number of unbranched alkanes of at least 4 members (excludes halogenated alkanes) is 6. The molecule has 0 saturated heterocycles. The van der Waals surface area contributed by atoms with Gasteiger partial charge in [0.2, 0.25) is 6.79 Å². The molecule has 0 aliphatic heterocycles. The maximum atomic E-state index is 12.7. The maximum absolute atomic E-state index is 12.7. The van der Waals surface area contributed by atoms with Crippen LogP contribution in [0.5, 0.6) is 28.7 Å². The molecule has 61 heavy (non-hydrogen) atoms. The van der Waals surface area contributed by atoms with Crippen molar-refractivity contribution >= 4 is 36.1 Å². The standard InChI is InChI=1S/C48H52N2O11/c1-4-46(52)57-30-12-8-6-10-28-55-40-21-17-39(18-22-40)48(54)61-43-19-14-37(15-20-43)33-49-50-34-38-16-27-45(44(32-38)36(3)51)60-35-59-42-25-23-41(24-26-42)56-29-11-7-9-13-31-58-47(53)5-2/h4-5,14-27,32-34H,1-2,6-13,28-31,35H2,3H3/b49-33+,50-34+. The quantitative estimate of drug-likeness (QED) is 0.00785. The second-order valence-corrected chi connectivity index (χ2v) is 13.4. The van der Waals surface area contributed by atoms with Crippen molar-refractivity contribution < 1.29 is 52.3 Å². The zero-order chi connectivity index (χ0) is 43.5. The molecule has 0 aromatic heterocycles. The first kappa shape index (κ1) is 46.7. The number of hydrogen-bond acceptors (Lipinski definition) is 13. The molecule has 0 atom stereocenters. The molecule has 4 aromatic rings. The summed E-state index contributed by atoms with van der Waals surface area (Å²) in [5, 5.41) is 8.22. The minimum atomic E-state index is -0.497. The summed E-state index contributed by atoms with van der Waals surface area (Å²) in [5.41, 5.74) is 2.15. The number of esters is 3. The summed E-state index contributed by atoms with van der Waals surface area (Å²) in [4.78, 5) is 47.2. The Bertz CT molecular complexity index is 2080. The number of hydrogen-bond donors (Lipinski definition) is 0. The van der Waals surface area contributed by atoms with Crippen LogP contribution in [0.1, 0.15) is 90.1 Å². The van der Waals surface area contributed by atoms with Crippen LogP contribution in [0.15, 0.2) is 127 Å². The summed E-state index contributed by atoms with van der Waals surface area (Å²) in [6.45, 7) is 9.98. The third kappa shape index (κ3) is 18.2. The highest BCUT2D eigenvalue weighted by Crippen LogP contribution is 2.23. The molecule has 0 aliphatic carbocycles. The summed E-state index contributed by atoms with van der Waals surface area (Å²) in [6, 6.07) is 25.9. The molecular formula is C48H52N2O11. The molecule has 0 spiro atoms. The average Bonchev–Trinajstić information content (AvgIpc) is 3.28. The highest BCUT2D eigenvalue weighted by atomic mass is 16.7. The summed E-state index contributed by atoms with van der Waals surface area (Å²) >= 11 is 0. The Kier molecular flexibility index (Phi) is 20.6. The minimum absolute atomic E-state index is 0.107. The van der Waals surface area contributed by atoms with Gasteiger partial charge in [0.15, 0.2) is 5.78 Å². The van der Waals surface area contributed by atoms with E-state index in [0.29, 0.717) is 66.1 Å². The third-order valence-electron chi connectivity index (χ3n) is 8.74. The molecule has 13 nitrogen and oxygen atoms in total. The van der Waals surface area contributed by atoms with Crippen LogP contribution < -0.4 is 23.7 Å². The number of carbonyl (C=O) groups excluding carboxylic acids is 4. The van der Waals surface area contributed by atoms with Gasteiger partial charge in [-0.3, -0.25) is 4.79 Å². The maximum Gasteiger partial charge on any atom is 0.343 e. The number of carbonyl (C=O) groups is 4. The molecular weight excluding hydrogens is 781 g/mol. The number of rotatable bonds is 28. The lowest BCUT2D eigenvalue weighted by molar-refractivity contribution is -0.138. The second kappa shape index (κ2) is 26.9. The Morgan fingerprint density at radius 2 is 0.984 bits per heavy atom. The van der Waals surface area contributed by atoms with E-state index in [1.54, 1.807) is 85.1 Å². The molecule has 4 aromatic carbocycles. The van der Waals surface area contributed by atoms with E-state index in [1.807, 2.05) is 12.1 Å². The monoisotopic (exact) mass is 832 g/mol. The highest BCUT2D eigenvalue weighted by molar-refractivity contribution is 5.98. The first-order chi connectivity index (χ1) is 29.7. The fourth-order valence-corrected chi connectivity index (χ4v) is 5.46. The van der Waals surface area contributed by atoms with Gasteiger partial charge in [0.25, 0.3) is 0 Å². The molecule has 0 unspecified atom stereocenters. The van der Waals surface area contributed by atoms with Crippen molar-refractivity contribution in [2.75, 3.05) is 33.2 Å². The van der Waals surface area contributed by atoms with Crippen molar-refractivity contribution in [2.24, 2.45) is 10.2 Å². The van der Waals surface area contributed by atoms with Crippen molar-refractivity contribution in [3.05, 3.63) is 139 Å². The number of ether oxygens (including phenoxy) is 7. The minimum Gasteiger partial charge on any atom is -0.494 e. The number of ketones is 1. The topological polar surface area (TPSA) is 158 Å². The summed E-state index contributed by atoms with van der Waals surface area (Å²) in [7, 11) is 0. The lowest BCUT2D eigenvalue weighted by Crippen LogP contribution is -2.09. The Hall–Kier alpha value is -7.02. The van der Waals surface area contributed by atoms with Crippen LogP contribution in [0.3, 0.4) is 0 Å². The van der Waals surface area contributed by atoms with Crippen molar-refractivity contribution in [3.63, 3.8) is 0 Å². The van der Waals surface area contributed by atoms with Crippen LogP contribution in [0.25, 0.3) is 0 Å². The van der Waals surface area contributed by atoms with E-state index in [-0.39, 0.29) is 12.6 Å². The molecule has 0 bridgehead atoms. The number of benzene rings is 4. The van der Waals surface area contributed by atoms with Gasteiger partial charge in [-0.15, -0.1) is 0 Å². The van der Waals surface area contributed by atoms with Crippen LogP contribution in [-0.2, 0) is 19.1 Å². The van der Waals surface area contributed by atoms with Gasteiger partial charge in [0.05, 0.1) is 50.0 Å². The van der Waals surface area contributed by atoms with Crippen LogP contribution >= 0.6 is 0 Å². The van der Waals surface area contributed by atoms with E-state index in [2.05, 4.69) is 23.4 Å². The van der Waals surface area contributed by atoms with Crippen LogP contribution in [0.4, 0.5) is 0 Å². The largest absolute Gasteiger partial charge is 0.494 e. The molecule has 0 amide bonds. The first-order valence-corrected chi connectivity index (χ1v) is 20.1. The van der Waals surface area contributed by atoms with Gasteiger partial charge in [-0.2, -0.15) is 10.2 Å². The molecule has 4 rings (SSSR count). The Balaban J connectivity index is 1.13. The molecule has 13 heteroatoms. The first-order valence-electron chi connectivity index (χ1n) is 20.1. The van der Waals surface area contributed by atoms with Gasteiger partial charge in [-0.25, -0.2) is 14.4 Å². The smallest absolute Gasteiger partial charge is 0.343 e. The predicted octanol–water partition coefficient (Wildman–Crippen LogP) is 9.31. The third-order valence-corrected chi connectivity index (χ3v) is 8.74. The van der Waals surface area contributed by atoms with Gasteiger partial charge >= 0.3 is 17.9 Å². The van der Waals surface area contributed by atoms with E-state index < -0.39 is 17.9 Å². The van der Waals surface area contributed by atoms with E-state index in [9.17, 15) is 19.2 Å². The molecule has 0 aliphatic rings. The Morgan fingerprint density at radius 3 is 1.51 bits per heavy atom. The van der Waals surface area contributed by atoms with Crippen LogP contribution in [-0.4, -0.2) is 69.3 Å². The lowest BCUT2D eigenvalue weighted by Gasteiger charge is -2.12. The average molecular weight is 833 g/mol. The Morgan fingerprint density at radius 1 is 0.525 bits per heavy atom. The van der Waals surface area contributed by atoms with E-state index in [4.69, 9.17) is 33.2 Å². The van der Waals surface area contributed by atoms with E-state index in [0.717, 1.165) is 74.8 Å². The molecule has 0 N–H and O–H groups in total. The highest BCUT2D eigenvalue weighted by Gasteiger charge is 2.11. The molecule has 0 saturated carbocycles. The second-order valence-electron chi connectivity index (χ2n) is 13.4. The van der Waals surface area contributed by atoms with Crippen LogP contribution in [0.2, 0.25) is 0 Å². The summed E-state index contributed by atoms with van der Waals surface area (Å²) in [5.74, 6) is 1.23. The predicted molar refractivity (Wildman–Crippen MR) is 232 cm³/mol. The molecule has 0 fully saturated rings. The number of nitrogens with zero attached hydrogens (tertiary/aromatic N) is 2. The van der Waals surface area contributed by atoms with E-state index in [1.165, 1.54) is 13.1 Å². The lowest BCUT2D eigenvalue weighted by atomic mass is 10.1. The fraction of sp³-hybridized carbons (Fsp3) is 0.292. The van der Waals surface area contributed by atoms with Crippen molar-refractivity contribution in [3.8, 4) is 28.7 Å². The zero-order valence-electron chi connectivity index (χ0n) is 34.5. The summed E-state index contributed by atoms with van der Waals surface area (Å²) in [6.07, 6.45) is 12.5. The molecule has 320 valence electrons. The van der Waals surface area contributed by atoms with Crippen molar-refractivity contribution in [1.29, 1.82) is 0 Å². The van der Waals surface area contributed by atoms with Gasteiger partial charge in [-0.05, 0) is 160 Å². The zero-order valence-corrected chi connectivity index (χ0v) is 34.5. The van der Waals surface area contributed by atoms with Gasteiger partial charge in [0.1, 0.15) is 28.7 Å². The van der Waals surface area contributed by atoms with Gasteiger partial charge in [0, 0.05) is 12.2 Å². The van der Waals surface area contributed by atoms with Gasteiger partial charge in [-0.1, -0.05) is 13.2 Å². The van der Waals surface area contributed by atoms with Gasteiger partial charge < -0.3 is 33.2 Å². The van der Waals surface area contributed by atoms with Crippen LogP contribution in [0, 0.1) is 0 Å². The molecule has 0 radical (unpaired) electrons.